The Kier molecular flexibility index (Phi) is 3.33. The molecule has 0 amide bonds. The molecule has 0 aliphatic carbocycles. The molecule has 0 saturated heterocycles. The van der Waals surface area contributed by atoms with E-state index in [9.17, 15) is 0 Å². The Morgan fingerprint density at radius 1 is 1.07 bits per heavy atom. The van der Waals surface area contributed by atoms with Crippen molar-refractivity contribution >= 4 is 6.08 Å². The largest absolute Gasteiger partial charge is 0.124 e. The van der Waals surface area contributed by atoms with Crippen LogP contribution in [-0.2, 0) is 0 Å². The van der Waals surface area contributed by atoms with Crippen LogP contribution in [0, 0.1) is 12.3 Å². The molecule has 0 N–H and O–H groups in total. The summed E-state index contributed by atoms with van der Waals surface area (Å²) in [6, 6.07) is 8.45. The molecule has 14 heavy (non-hydrogen) atoms. The third kappa shape index (κ3) is 4.11. The molecule has 0 nitrogen and oxygen atoms in total. The fourth-order valence-electron chi connectivity index (χ4n) is 1.05. The van der Waals surface area contributed by atoms with Crippen molar-refractivity contribution in [3.63, 3.8) is 0 Å². The maximum absolute atomic E-state index is 3.21. The van der Waals surface area contributed by atoms with Gasteiger partial charge in [0.25, 0.3) is 0 Å². The Balaban J connectivity index is 2.79. The summed E-state index contributed by atoms with van der Waals surface area (Å²) in [6.07, 6.45) is 4.11. The van der Waals surface area contributed by atoms with Gasteiger partial charge in [-0.1, -0.05) is 50.6 Å². The van der Waals surface area contributed by atoms with E-state index in [2.05, 4.69) is 63.8 Å². The first-order valence-electron chi connectivity index (χ1n) is 4.98. The molecule has 0 heteroatoms. The minimum absolute atomic E-state index is 0.210. The van der Waals surface area contributed by atoms with Crippen LogP contribution in [0.4, 0.5) is 0 Å². The Morgan fingerprint density at radius 3 is 2.14 bits per heavy atom. The second-order valence-corrected chi connectivity index (χ2v) is 4.73. The van der Waals surface area contributed by atoms with Crippen molar-refractivity contribution in [1.29, 1.82) is 0 Å². The molecule has 0 radical (unpaired) electrons. The van der Waals surface area contributed by atoms with Gasteiger partial charge in [-0.2, -0.15) is 0 Å². The van der Waals surface area contributed by atoms with Crippen LogP contribution in [-0.4, -0.2) is 0 Å². The van der Waals surface area contributed by atoms with Crippen LogP contribution >= 0.6 is 0 Å². The summed E-state index contributed by atoms with van der Waals surface area (Å²) in [5, 5.41) is 0. The average Bonchev–Trinajstić information content (AvgIpc) is 2.06. The Bertz CT molecular complexity index is 341. The van der Waals surface area contributed by atoms with E-state index < -0.39 is 0 Å². The number of hydrogen-bond acceptors (Lipinski definition) is 0. The quantitative estimate of drug-likeness (QED) is 0.576. The third-order valence-electron chi connectivity index (χ3n) is 1.84. The van der Waals surface area contributed by atoms with E-state index in [-0.39, 0.29) is 5.41 Å². The van der Waals surface area contributed by atoms with Gasteiger partial charge in [-0.3, -0.25) is 0 Å². The number of benzene rings is 1. The van der Waals surface area contributed by atoms with Crippen molar-refractivity contribution in [2.75, 3.05) is 0 Å². The van der Waals surface area contributed by atoms with Crippen LogP contribution in [0.5, 0.6) is 0 Å². The van der Waals surface area contributed by atoms with Crippen molar-refractivity contribution in [2.24, 2.45) is 5.41 Å². The van der Waals surface area contributed by atoms with E-state index in [1.165, 1.54) is 11.1 Å². The van der Waals surface area contributed by atoms with E-state index in [1.54, 1.807) is 0 Å². The SMILES string of the molecule is Cc1ccc(C=C=CC(C)(C)C)cc1. The smallest absolute Gasteiger partial charge is 0.0127 e. The fraction of sp³-hybridized carbons (Fsp3) is 0.357. The van der Waals surface area contributed by atoms with Crippen molar-refractivity contribution in [3.05, 3.63) is 47.2 Å². The zero-order chi connectivity index (χ0) is 10.6. The molecule has 0 heterocycles. The maximum atomic E-state index is 3.21. The molecule has 0 aromatic heterocycles. The van der Waals surface area contributed by atoms with Gasteiger partial charge < -0.3 is 0 Å². The summed E-state index contributed by atoms with van der Waals surface area (Å²) in [5.74, 6) is 0. The molecular formula is C14H18. The Hall–Kier alpha value is -1.26. The zero-order valence-electron chi connectivity index (χ0n) is 9.46. The molecular weight excluding hydrogens is 168 g/mol. The molecule has 1 aromatic rings. The maximum Gasteiger partial charge on any atom is -0.0127 e. The molecule has 1 aromatic carbocycles. The van der Waals surface area contributed by atoms with Gasteiger partial charge in [0, 0.05) is 0 Å². The van der Waals surface area contributed by atoms with Crippen LogP contribution in [0.1, 0.15) is 31.9 Å². The summed E-state index contributed by atoms with van der Waals surface area (Å²) in [5.41, 5.74) is 5.92. The molecule has 0 aliphatic rings. The van der Waals surface area contributed by atoms with Crippen molar-refractivity contribution in [2.45, 2.75) is 27.7 Å². The van der Waals surface area contributed by atoms with Gasteiger partial charge in [0.1, 0.15) is 0 Å². The summed E-state index contributed by atoms with van der Waals surface area (Å²) in [7, 11) is 0. The van der Waals surface area contributed by atoms with Crippen molar-refractivity contribution < 1.29 is 0 Å². The highest BCUT2D eigenvalue weighted by molar-refractivity contribution is 5.49. The van der Waals surface area contributed by atoms with Crippen molar-refractivity contribution in [3.8, 4) is 0 Å². The van der Waals surface area contributed by atoms with Gasteiger partial charge in [0.05, 0.1) is 0 Å². The topological polar surface area (TPSA) is 0 Å². The second-order valence-electron chi connectivity index (χ2n) is 4.73. The lowest BCUT2D eigenvalue weighted by Gasteiger charge is -2.08. The number of rotatable bonds is 1. The Labute approximate surface area is 87.0 Å². The van der Waals surface area contributed by atoms with Crippen LogP contribution in [0.3, 0.4) is 0 Å². The minimum atomic E-state index is 0.210. The molecule has 0 unspecified atom stereocenters. The van der Waals surface area contributed by atoms with Crippen LogP contribution in [0.25, 0.3) is 6.08 Å². The molecule has 0 atom stereocenters. The predicted molar refractivity (Wildman–Crippen MR) is 63.2 cm³/mol. The number of aryl methyl sites for hydroxylation is 1. The summed E-state index contributed by atoms with van der Waals surface area (Å²) < 4.78 is 0. The third-order valence-corrected chi connectivity index (χ3v) is 1.84. The number of allylic oxidation sites excluding steroid dienone is 1. The Morgan fingerprint density at radius 2 is 1.64 bits per heavy atom. The molecule has 74 valence electrons. The zero-order valence-corrected chi connectivity index (χ0v) is 9.46. The number of hydrogen-bond donors (Lipinski definition) is 0. The van der Waals surface area contributed by atoms with Gasteiger partial charge in [-0.05, 0) is 30.1 Å². The fourth-order valence-corrected chi connectivity index (χ4v) is 1.05. The van der Waals surface area contributed by atoms with Gasteiger partial charge in [-0.15, -0.1) is 5.73 Å². The van der Waals surface area contributed by atoms with Crippen LogP contribution in [0.15, 0.2) is 36.1 Å². The molecule has 0 aliphatic heterocycles. The van der Waals surface area contributed by atoms with Crippen LogP contribution in [0.2, 0.25) is 0 Å². The van der Waals surface area contributed by atoms with Crippen molar-refractivity contribution in [1.82, 2.24) is 0 Å². The summed E-state index contributed by atoms with van der Waals surface area (Å²) in [4.78, 5) is 0. The first-order chi connectivity index (χ1) is 6.47. The van der Waals surface area contributed by atoms with E-state index in [0.29, 0.717) is 0 Å². The first-order valence-corrected chi connectivity index (χ1v) is 4.98. The monoisotopic (exact) mass is 186 g/mol. The molecule has 0 bridgehead atoms. The van der Waals surface area contributed by atoms with Gasteiger partial charge in [0.15, 0.2) is 0 Å². The average molecular weight is 186 g/mol. The lowest BCUT2D eigenvalue weighted by molar-refractivity contribution is 0.545. The minimum Gasteiger partial charge on any atom is -0.124 e. The first kappa shape index (κ1) is 10.8. The molecule has 0 fully saturated rings. The van der Waals surface area contributed by atoms with Gasteiger partial charge >= 0.3 is 0 Å². The summed E-state index contributed by atoms with van der Waals surface area (Å²) in [6.45, 7) is 8.60. The van der Waals surface area contributed by atoms with E-state index in [4.69, 9.17) is 0 Å². The summed E-state index contributed by atoms with van der Waals surface area (Å²) >= 11 is 0. The van der Waals surface area contributed by atoms with E-state index in [1.807, 2.05) is 6.08 Å². The normalized spacial score (nSPS) is 10.6. The predicted octanol–water partition coefficient (Wildman–Crippen LogP) is 4.21. The highest BCUT2D eigenvalue weighted by Crippen LogP contribution is 2.14. The van der Waals surface area contributed by atoms with Crippen LogP contribution < -0.4 is 0 Å². The second kappa shape index (κ2) is 4.30. The lowest BCUT2D eigenvalue weighted by atomic mass is 9.97. The standard InChI is InChI=1S/C14H18/c1-12-7-9-13(10-8-12)6-5-11-14(2,3)4/h6-11H,1-4H3. The van der Waals surface area contributed by atoms with E-state index in [0.717, 1.165) is 0 Å². The molecule has 0 spiro atoms. The molecule has 1 rings (SSSR count). The van der Waals surface area contributed by atoms with Gasteiger partial charge in [-0.25, -0.2) is 0 Å². The highest BCUT2D eigenvalue weighted by atomic mass is 14.1. The molecule has 0 saturated carbocycles. The lowest BCUT2D eigenvalue weighted by Crippen LogP contribution is -1.96. The highest BCUT2D eigenvalue weighted by Gasteiger charge is 2.01. The van der Waals surface area contributed by atoms with E-state index >= 15 is 0 Å². The van der Waals surface area contributed by atoms with Gasteiger partial charge in [0.2, 0.25) is 0 Å².